The van der Waals surface area contributed by atoms with Crippen LogP contribution in [0.15, 0.2) is 47.4 Å². The molecule has 0 aliphatic carbocycles. The van der Waals surface area contributed by atoms with E-state index in [4.69, 9.17) is 4.74 Å². The number of nitrogens with one attached hydrogen (secondary N) is 1. The Hall–Kier alpha value is -1.97. The molecule has 1 heterocycles. The van der Waals surface area contributed by atoms with Crippen molar-refractivity contribution in [3.63, 3.8) is 0 Å². The number of benzene rings is 2. The van der Waals surface area contributed by atoms with Crippen molar-refractivity contribution in [3.05, 3.63) is 59.4 Å². The average Bonchev–Trinajstić information content (AvgIpc) is 2.99. The summed E-state index contributed by atoms with van der Waals surface area (Å²) in [5.41, 5.74) is 1.23. The fraction of sp³-hybridized carbons (Fsp3) is 0.400. The maximum Gasteiger partial charge on any atom is 0.183 e. The number of ether oxygens (including phenoxy) is 1. The lowest BCUT2D eigenvalue weighted by molar-refractivity contribution is 0.414. The lowest BCUT2D eigenvalue weighted by Crippen LogP contribution is -2.44. The number of hydrogen-bond donors (Lipinski definition) is 1. The maximum absolute atomic E-state index is 13.5. The third-order valence-electron chi connectivity index (χ3n) is 5.14. The van der Waals surface area contributed by atoms with E-state index >= 15 is 0 Å². The van der Waals surface area contributed by atoms with Crippen molar-refractivity contribution in [1.29, 1.82) is 0 Å². The Labute approximate surface area is 170 Å². The van der Waals surface area contributed by atoms with Crippen molar-refractivity contribution >= 4 is 19.7 Å². The van der Waals surface area contributed by atoms with Crippen LogP contribution in [-0.4, -0.2) is 53.3 Å². The Bertz CT molecular complexity index is 1080. The molecule has 0 bridgehead atoms. The third-order valence-corrected chi connectivity index (χ3v) is 9.28. The topological polar surface area (TPSA) is 89.5 Å². The van der Waals surface area contributed by atoms with Crippen molar-refractivity contribution in [3.8, 4) is 5.75 Å². The molecule has 0 radical (unpaired) electrons. The van der Waals surface area contributed by atoms with Crippen molar-refractivity contribution in [2.24, 2.45) is 0 Å². The number of halogens is 1. The zero-order valence-corrected chi connectivity index (χ0v) is 17.9. The first-order valence-corrected chi connectivity index (χ1v) is 12.6. The van der Waals surface area contributed by atoms with Gasteiger partial charge in [-0.1, -0.05) is 12.1 Å². The van der Waals surface area contributed by atoms with Gasteiger partial charge in [-0.3, -0.25) is 0 Å². The molecule has 9 heteroatoms. The molecule has 1 saturated heterocycles. The van der Waals surface area contributed by atoms with Crippen molar-refractivity contribution < 1.29 is 26.0 Å². The van der Waals surface area contributed by atoms with E-state index in [0.29, 0.717) is 13.0 Å². The van der Waals surface area contributed by atoms with Crippen molar-refractivity contribution in [2.75, 3.05) is 25.2 Å². The summed E-state index contributed by atoms with van der Waals surface area (Å²) in [5, 5.41) is 2.00. The van der Waals surface area contributed by atoms with Crippen LogP contribution in [0.4, 0.5) is 4.39 Å². The number of hydrogen-bond acceptors (Lipinski definition) is 6. The standard InChI is InChI=1S/C20H24FNO5S2/c1-14-11-17(7-8-18(14)21)29(25,26)20-13-28(23,24)12-19(20)22-10-9-15-3-5-16(27-2)6-4-15/h3-8,11,19-20,22H,9-10,12-13H2,1-2H3/t19-,20-/m1/s1. The Morgan fingerprint density at radius 1 is 1.14 bits per heavy atom. The maximum atomic E-state index is 13.5. The predicted octanol–water partition coefficient (Wildman–Crippen LogP) is 1.91. The summed E-state index contributed by atoms with van der Waals surface area (Å²) in [7, 11) is -5.83. The van der Waals surface area contributed by atoms with E-state index in [1.165, 1.54) is 19.1 Å². The fourth-order valence-corrected chi connectivity index (χ4v) is 8.27. The highest BCUT2D eigenvalue weighted by Crippen LogP contribution is 2.27. The second-order valence-electron chi connectivity index (χ2n) is 7.23. The largest absolute Gasteiger partial charge is 0.497 e. The lowest BCUT2D eigenvalue weighted by Gasteiger charge is -2.20. The molecule has 0 unspecified atom stereocenters. The van der Waals surface area contributed by atoms with Gasteiger partial charge in [0.15, 0.2) is 19.7 Å². The van der Waals surface area contributed by atoms with E-state index < -0.39 is 42.5 Å². The second kappa shape index (κ2) is 8.41. The van der Waals surface area contributed by atoms with Crippen LogP contribution in [0, 0.1) is 12.7 Å². The molecule has 1 N–H and O–H groups in total. The second-order valence-corrected chi connectivity index (χ2v) is 11.6. The van der Waals surface area contributed by atoms with Gasteiger partial charge in [0.05, 0.1) is 28.8 Å². The molecular formula is C20H24FNO5S2. The molecular weight excluding hydrogens is 417 g/mol. The van der Waals surface area contributed by atoms with Gasteiger partial charge in [-0.15, -0.1) is 0 Å². The molecule has 1 aliphatic rings. The molecule has 1 fully saturated rings. The van der Waals surface area contributed by atoms with Gasteiger partial charge < -0.3 is 10.1 Å². The first kappa shape index (κ1) is 21.7. The first-order chi connectivity index (χ1) is 13.6. The van der Waals surface area contributed by atoms with E-state index in [1.54, 1.807) is 7.11 Å². The SMILES string of the molecule is COc1ccc(CCN[C@@H]2CS(=O)(=O)C[C@H]2S(=O)(=O)c2ccc(F)c(C)c2)cc1. The monoisotopic (exact) mass is 441 g/mol. The van der Waals surface area contributed by atoms with Crippen molar-refractivity contribution in [2.45, 2.75) is 29.5 Å². The Morgan fingerprint density at radius 3 is 2.45 bits per heavy atom. The van der Waals surface area contributed by atoms with Crippen LogP contribution in [0.25, 0.3) is 0 Å². The fourth-order valence-electron chi connectivity index (χ4n) is 3.47. The van der Waals surface area contributed by atoms with Gasteiger partial charge >= 0.3 is 0 Å². The van der Waals surface area contributed by atoms with Crippen LogP contribution in [-0.2, 0) is 26.1 Å². The summed E-state index contributed by atoms with van der Waals surface area (Å²) in [6.45, 7) is 1.91. The van der Waals surface area contributed by atoms with Gasteiger partial charge in [0.25, 0.3) is 0 Å². The van der Waals surface area contributed by atoms with Crippen LogP contribution >= 0.6 is 0 Å². The Balaban J connectivity index is 1.75. The van der Waals surface area contributed by atoms with Gasteiger partial charge in [0.2, 0.25) is 0 Å². The molecule has 2 aromatic rings. The van der Waals surface area contributed by atoms with Gasteiger partial charge in [-0.25, -0.2) is 21.2 Å². The van der Waals surface area contributed by atoms with Gasteiger partial charge in [0.1, 0.15) is 11.6 Å². The van der Waals surface area contributed by atoms with E-state index in [1.807, 2.05) is 24.3 Å². The number of rotatable bonds is 7. The van der Waals surface area contributed by atoms with Crippen LogP contribution in [0.5, 0.6) is 5.75 Å². The lowest BCUT2D eigenvalue weighted by atomic mass is 10.1. The van der Waals surface area contributed by atoms with Crippen LogP contribution < -0.4 is 10.1 Å². The summed E-state index contributed by atoms with van der Waals surface area (Å²) in [6.07, 6.45) is 0.614. The molecule has 6 nitrogen and oxygen atoms in total. The quantitative estimate of drug-likeness (QED) is 0.661. The van der Waals surface area contributed by atoms with Crippen LogP contribution in [0.3, 0.4) is 0 Å². The minimum Gasteiger partial charge on any atom is -0.497 e. The number of aryl methyl sites for hydroxylation is 1. The third kappa shape index (κ3) is 4.96. The predicted molar refractivity (Wildman–Crippen MR) is 109 cm³/mol. The van der Waals surface area contributed by atoms with E-state index in [-0.39, 0.29) is 16.2 Å². The minimum absolute atomic E-state index is 0.0551. The smallest absolute Gasteiger partial charge is 0.183 e. The summed E-state index contributed by atoms with van der Waals surface area (Å²) >= 11 is 0. The van der Waals surface area contributed by atoms with Gasteiger partial charge in [-0.05, 0) is 61.3 Å². The molecule has 0 spiro atoms. The highest BCUT2D eigenvalue weighted by Gasteiger charge is 2.45. The zero-order valence-electron chi connectivity index (χ0n) is 16.3. The van der Waals surface area contributed by atoms with Gasteiger partial charge in [0, 0.05) is 6.04 Å². The molecule has 0 aromatic heterocycles. The number of methoxy groups -OCH3 is 1. The van der Waals surface area contributed by atoms with Crippen molar-refractivity contribution in [1.82, 2.24) is 5.32 Å². The van der Waals surface area contributed by atoms with Gasteiger partial charge in [-0.2, -0.15) is 0 Å². The molecule has 29 heavy (non-hydrogen) atoms. The summed E-state index contributed by atoms with van der Waals surface area (Å²) in [5.74, 6) is -0.437. The molecule has 158 valence electrons. The number of sulfone groups is 2. The molecule has 0 amide bonds. The van der Waals surface area contributed by atoms with E-state index in [0.717, 1.165) is 17.4 Å². The minimum atomic E-state index is -3.93. The highest BCUT2D eigenvalue weighted by molar-refractivity contribution is 7.96. The Kier molecular flexibility index (Phi) is 6.30. The molecule has 2 atom stereocenters. The highest BCUT2D eigenvalue weighted by atomic mass is 32.2. The zero-order chi connectivity index (χ0) is 21.2. The van der Waals surface area contributed by atoms with Crippen LogP contribution in [0.1, 0.15) is 11.1 Å². The molecule has 2 aromatic carbocycles. The van der Waals surface area contributed by atoms with E-state index in [2.05, 4.69) is 5.32 Å². The average molecular weight is 442 g/mol. The molecule has 3 rings (SSSR count). The Morgan fingerprint density at radius 2 is 1.83 bits per heavy atom. The summed E-state index contributed by atoms with van der Waals surface area (Å²) in [6, 6.07) is 10.3. The van der Waals surface area contributed by atoms with Crippen LogP contribution in [0.2, 0.25) is 0 Å². The first-order valence-electron chi connectivity index (χ1n) is 9.19. The summed E-state index contributed by atoms with van der Waals surface area (Å²) in [4.78, 5) is -0.0551. The normalized spacial score (nSPS) is 21.2. The summed E-state index contributed by atoms with van der Waals surface area (Å²) < 4.78 is 69.1. The van der Waals surface area contributed by atoms with E-state index in [9.17, 15) is 21.2 Å². The molecule has 0 saturated carbocycles. The molecule has 1 aliphatic heterocycles.